The first-order valence-electron chi connectivity index (χ1n) is 5.15. The zero-order chi connectivity index (χ0) is 13.2. The zero-order valence-electron chi connectivity index (χ0n) is 9.36. The van der Waals surface area contributed by atoms with E-state index in [9.17, 15) is 13.2 Å². The van der Waals surface area contributed by atoms with Gasteiger partial charge in [-0.2, -0.15) is 22.5 Å². The number of hydrogen-bond acceptors (Lipinski definition) is 5. The Balaban J connectivity index is 1.95. The number of nitrogens with zero attached hydrogens (tertiary/aromatic N) is 2. The van der Waals surface area contributed by atoms with Crippen molar-refractivity contribution in [2.24, 2.45) is 0 Å². The predicted molar refractivity (Wildman–Crippen MR) is 66.0 cm³/mol. The van der Waals surface area contributed by atoms with Gasteiger partial charge < -0.3 is 5.32 Å². The number of thiophene rings is 1. The van der Waals surface area contributed by atoms with Gasteiger partial charge >= 0.3 is 6.18 Å². The highest BCUT2D eigenvalue weighted by Crippen LogP contribution is 2.29. The Morgan fingerprint density at radius 3 is 2.78 bits per heavy atom. The second-order valence-corrected chi connectivity index (χ2v) is 5.53. The molecule has 18 heavy (non-hydrogen) atoms. The Bertz CT molecular complexity index is 493. The van der Waals surface area contributed by atoms with E-state index in [4.69, 9.17) is 0 Å². The number of nitrogens with one attached hydrogen (secondary N) is 1. The summed E-state index contributed by atoms with van der Waals surface area (Å²) in [5.74, 6) is -1.08. The highest BCUT2D eigenvalue weighted by molar-refractivity contribution is 7.10. The highest BCUT2D eigenvalue weighted by Gasteiger charge is 2.36. The average molecular weight is 293 g/mol. The van der Waals surface area contributed by atoms with Gasteiger partial charge in [0.2, 0.25) is 11.0 Å². The Morgan fingerprint density at radius 2 is 2.22 bits per heavy atom. The molecule has 2 aromatic rings. The molecule has 8 heteroatoms. The number of aromatic nitrogens is 2. The molecular formula is C10H10F3N3S2. The fourth-order valence-corrected chi connectivity index (χ4v) is 2.92. The van der Waals surface area contributed by atoms with Gasteiger partial charge in [-0.1, -0.05) is 6.07 Å². The number of rotatable bonds is 4. The van der Waals surface area contributed by atoms with E-state index in [1.807, 2.05) is 24.4 Å². The lowest BCUT2D eigenvalue weighted by Gasteiger charge is -2.10. The van der Waals surface area contributed by atoms with Crippen LogP contribution in [0.3, 0.4) is 0 Å². The molecular weight excluding hydrogens is 283 g/mol. The molecule has 1 unspecified atom stereocenters. The normalized spacial score (nSPS) is 13.6. The maximum absolute atomic E-state index is 12.3. The summed E-state index contributed by atoms with van der Waals surface area (Å²) in [5, 5.41) is 5.09. The first-order chi connectivity index (χ1) is 8.45. The molecule has 0 spiro atoms. The van der Waals surface area contributed by atoms with Crippen LogP contribution in [-0.4, -0.2) is 15.4 Å². The minimum atomic E-state index is -4.48. The first kappa shape index (κ1) is 13.3. The van der Waals surface area contributed by atoms with Gasteiger partial charge in [0, 0.05) is 28.9 Å². The smallest absolute Gasteiger partial charge is 0.357 e. The van der Waals surface area contributed by atoms with E-state index in [1.54, 1.807) is 11.3 Å². The second kappa shape index (κ2) is 5.23. The molecule has 0 bridgehead atoms. The predicted octanol–water partition coefficient (Wildman–Crippen LogP) is 3.66. The molecule has 0 radical (unpaired) electrons. The third-order valence-corrected chi connectivity index (χ3v) is 3.68. The standard InChI is InChI=1S/C10H10F3N3S2/c1-6(5-7-3-2-4-17-7)14-9-15-8(16-18-9)10(11,12)13/h2-4,6H,5H2,1H3,(H,14,15,16). The van der Waals surface area contributed by atoms with Crippen molar-refractivity contribution < 1.29 is 13.2 Å². The van der Waals surface area contributed by atoms with Crippen molar-refractivity contribution in [1.82, 2.24) is 9.36 Å². The lowest BCUT2D eigenvalue weighted by molar-refractivity contribution is -0.144. The van der Waals surface area contributed by atoms with Gasteiger partial charge in [0.15, 0.2) is 0 Å². The molecule has 2 aromatic heterocycles. The SMILES string of the molecule is CC(Cc1cccs1)Nc1nc(C(F)(F)F)ns1. The molecule has 0 fully saturated rings. The van der Waals surface area contributed by atoms with Crippen LogP contribution in [0.4, 0.5) is 18.3 Å². The van der Waals surface area contributed by atoms with Crippen LogP contribution < -0.4 is 5.32 Å². The van der Waals surface area contributed by atoms with Gasteiger partial charge in [-0.25, -0.2) is 0 Å². The third-order valence-electron chi connectivity index (χ3n) is 2.14. The van der Waals surface area contributed by atoms with Crippen molar-refractivity contribution >= 4 is 28.0 Å². The van der Waals surface area contributed by atoms with Crippen LogP contribution in [0.2, 0.25) is 0 Å². The average Bonchev–Trinajstić information content (AvgIpc) is 2.87. The van der Waals surface area contributed by atoms with Crippen LogP contribution in [0.1, 0.15) is 17.6 Å². The summed E-state index contributed by atoms with van der Waals surface area (Å²) >= 11 is 2.35. The van der Waals surface area contributed by atoms with Gasteiger partial charge in [-0.15, -0.1) is 11.3 Å². The van der Waals surface area contributed by atoms with Crippen LogP contribution >= 0.6 is 22.9 Å². The molecule has 0 aliphatic heterocycles. The Kier molecular flexibility index (Phi) is 3.86. The molecule has 0 saturated heterocycles. The molecule has 1 atom stereocenters. The summed E-state index contributed by atoms with van der Waals surface area (Å²) in [6.07, 6.45) is -3.73. The molecule has 98 valence electrons. The maximum atomic E-state index is 12.3. The highest BCUT2D eigenvalue weighted by atomic mass is 32.1. The van der Waals surface area contributed by atoms with Crippen molar-refractivity contribution in [2.45, 2.75) is 25.6 Å². The largest absolute Gasteiger partial charge is 0.452 e. The van der Waals surface area contributed by atoms with Crippen LogP contribution in [-0.2, 0) is 12.6 Å². The molecule has 0 aromatic carbocycles. The van der Waals surface area contributed by atoms with Crippen molar-refractivity contribution in [3.63, 3.8) is 0 Å². The lowest BCUT2D eigenvalue weighted by atomic mass is 10.2. The van der Waals surface area contributed by atoms with E-state index >= 15 is 0 Å². The van der Waals surface area contributed by atoms with Crippen molar-refractivity contribution in [3.05, 3.63) is 28.2 Å². The van der Waals surface area contributed by atoms with Gasteiger partial charge in [0.1, 0.15) is 0 Å². The molecule has 0 amide bonds. The molecule has 0 aliphatic rings. The summed E-state index contributed by atoms with van der Waals surface area (Å²) in [5.41, 5.74) is 0. The summed E-state index contributed by atoms with van der Waals surface area (Å²) in [4.78, 5) is 4.60. The van der Waals surface area contributed by atoms with Crippen molar-refractivity contribution in [3.8, 4) is 0 Å². The molecule has 2 rings (SSSR count). The van der Waals surface area contributed by atoms with Crippen LogP contribution in [0, 0.1) is 0 Å². The molecule has 0 saturated carbocycles. The summed E-state index contributed by atoms with van der Waals surface area (Å²) in [6.45, 7) is 1.90. The minimum absolute atomic E-state index is 0.0117. The van der Waals surface area contributed by atoms with E-state index in [-0.39, 0.29) is 11.2 Å². The molecule has 3 nitrogen and oxygen atoms in total. The second-order valence-electron chi connectivity index (χ2n) is 3.75. The van der Waals surface area contributed by atoms with Crippen molar-refractivity contribution in [1.29, 1.82) is 0 Å². The Morgan fingerprint density at radius 1 is 1.44 bits per heavy atom. The van der Waals surface area contributed by atoms with Crippen LogP contribution in [0.15, 0.2) is 17.5 Å². The monoisotopic (exact) mass is 293 g/mol. The molecule has 1 N–H and O–H groups in total. The number of alkyl halides is 3. The van der Waals surface area contributed by atoms with Crippen molar-refractivity contribution in [2.75, 3.05) is 5.32 Å². The zero-order valence-corrected chi connectivity index (χ0v) is 11.0. The van der Waals surface area contributed by atoms with E-state index in [1.165, 1.54) is 4.88 Å². The molecule has 2 heterocycles. The summed E-state index contributed by atoms with van der Waals surface area (Å²) in [7, 11) is 0. The summed E-state index contributed by atoms with van der Waals surface area (Å²) in [6, 6.07) is 3.95. The number of anilines is 1. The third kappa shape index (κ3) is 3.42. The first-order valence-corrected chi connectivity index (χ1v) is 6.80. The minimum Gasteiger partial charge on any atom is -0.357 e. The fraction of sp³-hybridized carbons (Fsp3) is 0.400. The quantitative estimate of drug-likeness (QED) is 0.934. The van der Waals surface area contributed by atoms with Gasteiger partial charge in [-0.05, 0) is 18.4 Å². The van der Waals surface area contributed by atoms with E-state index < -0.39 is 12.0 Å². The van der Waals surface area contributed by atoms with E-state index in [2.05, 4.69) is 14.7 Å². The van der Waals surface area contributed by atoms with E-state index in [0.29, 0.717) is 0 Å². The fourth-order valence-electron chi connectivity index (χ4n) is 1.39. The van der Waals surface area contributed by atoms with E-state index in [0.717, 1.165) is 18.0 Å². The number of hydrogen-bond donors (Lipinski definition) is 1. The van der Waals surface area contributed by atoms with Gasteiger partial charge in [-0.3, -0.25) is 0 Å². The molecule has 0 aliphatic carbocycles. The maximum Gasteiger partial charge on any atom is 0.452 e. The Hall–Kier alpha value is -1.15. The van der Waals surface area contributed by atoms with Crippen LogP contribution in [0.5, 0.6) is 0 Å². The lowest BCUT2D eigenvalue weighted by Crippen LogP contribution is -2.17. The number of halogens is 3. The van der Waals surface area contributed by atoms with Gasteiger partial charge in [0.25, 0.3) is 0 Å². The van der Waals surface area contributed by atoms with Crippen LogP contribution in [0.25, 0.3) is 0 Å². The van der Waals surface area contributed by atoms with Gasteiger partial charge in [0.05, 0.1) is 0 Å². The topological polar surface area (TPSA) is 37.8 Å². The summed E-state index contributed by atoms with van der Waals surface area (Å²) < 4.78 is 40.2. The Labute approximate surface area is 110 Å².